The number of hydrogen-bond donors (Lipinski definition) is 1. The molecule has 13 heavy (non-hydrogen) atoms. The van der Waals surface area contributed by atoms with Crippen LogP contribution in [0.15, 0.2) is 24.3 Å². The van der Waals surface area contributed by atoms with Gasteiger partial charge in [0.1, 0.15) is 12.4 Å². The predicted molar refractivity (Wildman–Crippen MR) is 53.5 cm³/mol. The van der Waals surface area contributed by atoms with Crippen molar-refractivity contribution in [1.82, 2.24) is 0 Å². The summed E-state index contributed by atoms with van der Waals surface area (Å²) < 4.78 is 5.33. The van der Waals surface area contributed by atoms with E-state index in [4.69, 9.17) is 10.5 Å². The molecule has 0 unspecified atom stereocenters. The number of aryl methyl sites for hydroxylation is 1. The van der Waals surface area contributed by atoms with Crippen LogP contribution in [-0.4, -0.2) is 13.2 Å². The largest absolute Gasteiger partial charge is 0.481 e. The molecule has 0 aromatic heterocycles. The van der Waals surface area contributed by atoms with Gasteiger partial charge in [-0.05, 0) is 19.1 Å². The molecule has 0 saturated heterocycles. The number of benzene rings is 1. The van der Waals surface area contributed by atoms with E-state index in [2.05, 4.69) is 11.8 Å². The first-order valence-corrected chi connectivity index (χ1v) is 4.18. The van der Waals surface area contributed by atoms with Crippen LogP contribution in [0.3, 0.4) is 0 Å². The van der Waals surface area contributed by atoms with Crippen LogP contribution in [0.1, 0.15) is 5.56 Å². The summed E-state index contributed by atoms with van der Waals surface area (Å²) in [5, 5.41) is 0. The van der Waals surface area contributed by atoms with Gasteiger partial charge in [-0.25, -0.2) is 0 Å². The van der Waals surface area contributed by atoms with Crippen LogP contribution in [0.25, 0.3) is 0 Å². The van der Waals surface area contributed by atoms with E-state index < -0.39 is 0 Å². The highest BCUT2D eigenvalue weighted by Crippen LogP contribution is 2.10. The lowest BCUT2D eigenvalue weighted by molar-refractivity contribution is 0.370. The van der Waals surface area contributed by atoms with E-state index in [9.17, 15) is 0 Å². The normalized spacial score (nSPS) is 8.77. The first-order valence-electron chi connectivity index (χ1n) is 4.18. The van der Waals surface area contributed by atoms with E-state index in [1.54, 1.807) is 0 Å². The predicted octanol–water partition coefficient (Wildman–Crippen LogP) is 1.34. The van der Waals surface area contributed by atoms with Gasteiger partial charge in [-0.2, -0.15) is 0 Å². The van der Waals surface area contributed by atoms with Crippen molar-refractivity contribution < 1.29 is 4.74 Å². The SMILES string of the molecule is Cc1ccc(OCC#CCN)cc1. The summed E-state index contributed by atoms with van der Waals surface area (Å²) in [5.74, 6) is 6.38. The molecule has 68 valence electrons. The van der Waals surface area contributed by atoms with Gasteiger partial charge in [0.25, 0.3) is 0 Å². The smallest absolute Gasteiger partial charge is 0.149 e. The summed E-state index contributed by atoms with van der Waals surface area (Å²) in [7, 11) is 0. The Kier molecular flexibility index (Phi) is 3.87. The monoisotopic (exact) mass is 175 g/mol. The maximum Gasteiger partial charge on any atom is 0.149 e. The summed E-state index contributed by atoms with van der Waals surface area (Å²) >= 11 is 0. The first kappa shape index (κ1) is 9.63. The Hall–Kier alpha value is -1.46. The highest BCUT2D eigenvalue weighted by atomic mass is 16.5. The average molecular weight is 175 g/mol. The van der Waals surface area contributed by atoms with Crippen molar-refractivity contribution in [1.29, 1.82) is 0 Å². The third kappa shape index (κ3) is 3.64. The zero-order valence-corrected chi connectivity index (χ0v) is 7.71. The third-order valence-corrected chi connectivity index (χ3v) is 1.56. The second-order valence-electron chi connectivity index (χ2n) is 2.66. The van der Waals surface area contributed by atoms with Gasteiger partial charge in [0.2, 0.25) is 0 Å². The first-order chi connectivity index (χ1) is 6.33. The van der Waals surface area contributed by atoms with Gasteiger partial charge < -0.3 is 10.5 Å². The zero-order valence-electron chi connectivity index (χ0n) is 7.71. The van der Waals surface area contributed by atoms with Gasteiger partial charge in [0.15, 0.2) is 0 Å². The minimum absolute atomic E-state index is 0.386. The summed E-state index contributed by atoms with van der Waals surface area (Å²) in [6, 6.07) is 7.87. The number of rotatable bonds is 2. The van der Waals surface area contributed by atoms with Gasteiger partial charge in [-0.3, -0.25) is 0 Å². The molecule has 0 spiro atoms. The Morgan fingerprint density at radius 2 is 1.92 bits per heavy atom. The molecule has 0 amide bonds. The van der Waals surface area contributed by atoms with Gasteiger partial charge in [0, 0.05) is 0 Å². The number of ether oxygens (including phenoxy) is 1. The van der Waals surface area contributed by atoms with Crippen molar-refractivity contribution in [2.45, 2.75) is 6.92 Å². The van der Waals surface area contributed by atoms with E-state index in [1.807, 2.05) is 31.2 Å². The fraction of sp³-hybridized carbons (Fsp3) is 0.273. The zero-order chi connectivity index (χ0) is 9.52. The molecule has 1 aromatic rings. The Morgan fingerprint density at radius 1 is 1.23 bits per heavy atom. The van der Waals surface area contributed by atoms with Crippen molar-refractivity contribution in [3.63, 3.8) is 0 Å². The number of nitrogens with two attached hydrogens (primary N) is 1. The van der Waals surface area contributed by atoms with Crippen LogP contribution < -0.4 is 10.5 Å². The van der Waals surface area contributed by atoms with Crippen molar-refractivity contribution in [3.8, 4) is 17.6 Å². The molecule has 0 aliphatic rings. The third-order valence-electron chi connectivity index (χ3n) is 1.56. The second-order valence-corrected chi connectivity index (χ2v) is 2.66. The molecule has 1 rings (SSSR count). The molecule has 2 N–H and O–H groups in total. The van der Waals surface area contributed by atoms with Crippen LogP contribution >= 0.6 is 0 Å². The lowest BCUT2D eigenvalue weighted by Crippen LogP contribution is -1.97. The molecule has 0 aliphatic heterocycles. The Labute approximate surface area is 78.7 Å². The highest BCUT2D eigenvalue weighted by molar-refractivity contribution is 5.26. The fourth-order valence-electron chi connectivity index (χ4n) is 0.877. The quantitative estimate of drug-likeness (QED) is 0.688. The van der Waals surface area contributed by atoms with Gasteiger partial charge in [-0.1, -0.05) is 29.5 Å². The van der Waals surface area contributed by atoms with E-state index in [-0.39, 0.29) is 0 Å². The van der Waals surface area contributed by atoms with Crippen LogP contribution in [0, 0.1) is 18.8 Å². The second kappa shape index (κ2) is 5.23. The minimum atomic E-state index is 0.386. The van der Waals surface area contributed by atoms with Crippen molar-refractivity contribution in [2.75, 3.05) is 13.2 Å². The fourth-order valence-corrected chi connectivity index (χ4v) is 0.877. The van der Waals surface area contributed by atoms with E-state index in [0.29, 0.717) is 13.2 Å². The Morgan fingerprint density at radius 3 is 2.54 bits per heavy atom. The molecule has 2 heteroatoms. The molecule has 0 radical (unpaired) electrons. The average Bonchev–Trinajstić information content (AvgIpc) is 2.15. The summed E-state index contributed by atoms with van der Waals surface area (Å²) in [6.45, 7) is 2.83. The van der Waals surface area contributed by atoms with E-state index in [0.717, 1.165) is 5.75 Å². The topological polar surface area (TPSA) is 35.2 Å². The van der Waals surface area contributed by atoms with Crippen molar-refractivity contribution in [3.05, 3.63) is 29.8 Å². The molecule has 0 aliphatic carbocycles. The molecule has 0 heterocycles. The summed E-state index contributed by atoms with van der Waals surface area (Å²) in [4.78, 5) is 0. The Balaban J connectivity index is 2.41. The molecule has 0 saturated carbocycles. The maximum absolute atomic E-state index is 5.33. The molecule has 0 atom stereocenters. The minimum Gasteiger partial charge on any atom is -0.481 e. The van der Waals surface area contributed by atoms with Crippen molar-refractivity contribution >= 4 is 0 Å². The van der Waals surface area contributed by atoms with Gasteiger partial charge >= 0.3 is 0 Å². The molecule has 2 nitrogen and oxygen atoms in total. The molecular formula is C11H13NO. The van der Waals surface area contributed by atoms with Gasteiger partial charge in [-0.15, -0.1) is 0 Å². The maximum atomic E-state index is 5.33. The standard InChI is InChI=1S/C11H13NO/c1-10-4-6-11(7-5-10)13-9-3-2-8-12/h4-7H,8-9,12H2,1H3. The summed E-state index contributed by atoms with van der Waals surface area (Å²) in [6.07, 6.45) is 0. The van der Waals surface area contributed by atoms with Crippen LogP contribution in [0.2, 0.25) is 0 Å². The van der Waals surface area contributed by atoms with E-state index in [1.165, 1.54) is 5.56 Å². The molecular weight excluding hydrogens is 162 g/mol. The lowest BCUT2D eigenvalue weighted by Gasteiger charge is -2.01. The highest BCUT2D eigenvalue weighted by Gasteiger charge is 1.89. The molecule has 0 bridgehead atoms. The molecule has 0 fully saturated rings. The lowest BCUT2D eigenvalue weighted by atomic mass is 10.2. The van der Waals surface area contributed by atoms with Crippen LogP contribution in [-0.2, 0) is 0 Å². The Bertz CT molecular complexity index is 305. The number of hydrogen-bond acceptors (Lipinski definition) is 2. The summed E-state index contributed by atoms with van der Waals surface area (Å²) in [5.41, 5.74) is 6.42. The van der Waals surface area contributed by atoms with Crippen LogP contribution in [0.5, 0.6) is 5.75 Å². The van der Waals surface area contributed by atoms with E-state index >= 15 is 0 Å². The van der Waals surface area contributed by atoms with Gasteiger partial charge in [0.05, 0.1) is 6.54 Å². The van der Waals surface area contributed by atoms with Crippen molar-refractivity contribution in [2.24, 2.45) is 5.73 Å². The molecule has 1 aromatic carbocycles. The van der Waals surface area contributed by atoms with Crippen LogP contribution in [0.4, 0.5) is 0 Å².